The van der Waals surface area contributed by atoms with Gasteiger partial charge in [0.25, 0.3) is 0 Å². The van der Waals surface area contributed by atoms with Gasteiger partial charge in [-0.1, -0.05) is 0 Å². The molecule has 1 aromatic carbocycles. The molecule has 0 nitrogen and oxygen atoms in total. The average Bonchev–Trinajstić information content (AvgIpc) is 1.94. The van der Waals surface area contributed by atoms with Gasteiger partial charge in [0.2, 0.25) is 0 Å². The van der Waals surface area contributed by atoms with Crippen molar-refractivity contribution in [1.29, 1.82) is 0 Å². The monoisotopic (exact) mass is 204 g/mol. The average molecular weight is 206 g/mol. The first-order valence-corrected chi connectivity index (χ1v) is 8.74. The van der Waals surface area contributed by atoms with Crippen LogP contribution in [0.2, 0.25) is 0 Å². The topological polar surface area (TPSA) is 0 Å². The molecule has 0 radical (unpaired) electrons. The molecule has 0 aliphatic carbocycles. The summed E-state index contributed by atoms with van der Waals surface area (Å²) in [4.78, 5) is 0. The number of aryl methyl sites for hydroxylation is 2. The van der Waals surface area contributed by atoms with E-state index in [0.717, 1.165) is 0 Å². The third-order valence-electron chi connectivity index (χ3n) is 1.65. The van der Waals surface area contributed by atoms with Gasteiger partial charge < -0.3 is 0 Å². The normalized spacial score (nSPS) is 9.10. The minimum absolute atomic E-state index is 0.874. The van der Waals surface area contributed by atoms with Crippen LogP contribution in [0.1, 0.15) is 11.1 Å². The van der Waals surface area contributed by atoms with Crippen molar-refractivity contribution in [2.75, 3.05) is 0 Å². The Kier molecular flexibility index (Phi) is 2.88. The molecule has 0 fully saturated rings. The fourth-order valence-corrected chi connectivity index (χ4v) is 3.97. The van der Waals surface area contributed by atoms with Gasteiger partial charge >= 0.3 is 73.2 Å². The second-order valence-electron chi connectivity index (χ2n) is 2.56. The molecule has 50 valence electrons. The van der Waals surface area contributed by atoms with Crippen LogP contribution in [0.4, 0.5) is 0 Å². The number of halogens is 1. The molecule has 0 aliphatic heterocycles. The number of benzene rings is 1. The van der Waals surface area contributed by atoms with E-state index in [2.05, 4.69) is 32.0 Å². The Morgan fingerprint density at radius 2 is 2.00 bits per heavy atom. The predicted molar refractivity (Wildman–Crippen MR) is 41.4 cm³/mol. The Hall–Kier alpha value is 0.133. The van der Waals surface area contributed by atoms with Gasteiger partial charge in [-0.05, 0) is 0 Å². The van der Waals surface area contributed by atoms with Crippen LogP contribution in [0, 0.1) is 13.8 Å². The van der Waals surface area contributed by atoms with E-state index < -0.39 is 16.1 Å². The van der Waals surface area contributed by atoms with Gasteiger partial charge in [-0.2, -0.15) is 0 Å². The summed E-state index contributed by atoms with van der Waals surface area (Å²) in [6, 6.07) is 6.49. The van der Waals surface area contributed by atoms with E-state index in [9.17, 15) is 0 Å². The van der Waals surface area contributed by atoms with Gasteiger partial charge in [0.1, 0.15) is 0 Å². The summed E-state index contributed by atoms with van der Waals surface area (Å²) in [7, 11) is 5.89. The van der Waals surface area contributed by atoms with E-state index in [1.807, 2.05) is 0 Å². The molecular formula is C8H9ClZn. The fraction of sp³-hybridized carbons (Fsp3) is 0.250. The van der Waals surface area contributed by atoms with Crippen molar-refractivity contribution in [3.8, 4) is 0 Å². The molecule has 0 saturated carbocycles. The third-order valence-corrected chi connectivity index (χ3v) is 5.35. The molecule has 0 heterocycles. The first kappa shape index (κ1) is 8.23. The van der Waals surface area contributed by atoms with Gasteiger partial charge in [-0.25, -0.2) is 0 Å². The third kappa shape index (κ3) is 1.81. The van der Waals surface area contributed by atoms with Crippen LogP contribution < -0.4 is 4.16 Å². The van der Waals surface area contributed by atoms with Crippen LogP contribution in [0.25, 0.3) is 0 Å². The summed E-state index contributed by atoms with van der Waals surface area (Å²) in [5.41, 5.74) is 2.69. The number of hydrogen-bond donors (Lipinski definition) is 0. The zero-order valence-electron chi connectivity index (χ0n) is 6.32. The molecular weight excluding hydrogens is 197 g/mol. The first-order valence-electron chi connectivity index (χ1n) is 3.36. The van der Waals surface area contributed by atoms with Crippen molar-refractivity contribution in [3.05, 3.63) is 29.3 Å². The Bertz CT molecular complexity index is 233. The molecule has 1 rings (SSSR count). The Labute approximate surface area is 73.2 Å². The molecule has 0 spiro atoms. The molecule has 0 aliphatic rings. The van der Waals surface area contributed by atoms with Crippen molar-refractivity contribution in [2.45, 2.75) is 13.8 Å². The second kappa shape index (κ2) is 3.50. The van der Waals surface area contributed by atoms with E-state index in [-0.39, 0.29) is 0 Å². The van der Waals surface area contributed by atoms with Gasteiger partial charge in [0, 0.05) is 0 Å². The Morgan fingerprint density at radius 1 is 1.30 bits per heavy atom. The SMILES string of the molecule is Cc1ccc(C)[c]([Zn][Cl])c1. The van der Waals surface area contributed by atoms with Crippen molar-refractivity contribution < 1.29 is 16.1 Å². The van der Waals surface area contributed by atoms with Crippen LogP contribution in [-0.4, -0.2) is 0 Å². The van der Waals surface area contributed by atoms with Crippen molar-refractivity contribution in [2.24, 2.45) is 0 Å². The van der Waals surface area contributed by atoms with Gasteiger partial charge in [-0.3, -0.25) is 0 Å². The zero-order chi connectivity index (χ0) is 7.56. The molecule has 0 amide bonds. The van der Waals surface area contributed by atoms with Crippen molar-refractivity contribution in [3.63, 3.8) is 0 Å². The maximum absolute atomic E-state index is 5.89. The Balaban J connectivity index is 3.09. The standard InChI is InChI=1S/C8H9.ClH.Zn/c1-7-3-5-8(2)6-4-7;;/h3-5H,1-2H3;1H;/q;;+1/p-1. The van der Waals surface area contributed by atoms with E-state index in [4.69, 9.17) is 9.69 Å². The number of hydrogen-bond acceptors (Lipinski definition) is 0. The van der Waals surface area contributed by atoms with Gasteiger partial charge in [-0.15, -0.1) is 0 Å². The summed E-state index contributed by atoms with van der Waals surface area (Å²) in [6.07, 6.45) is 0. The molecule has 0 atom stereocenters. The molecule has 10 heavy (non-hydrogen) atoms. The maximum atomic E-state index is 5.89. The van der Waals surface area contributed by atoms with Gasteiger partial charge in [0.05, 0.1) is 0 Å². The molecule has 0 N–H and O–H groups in total. The quantitative estimate of drug-likeness (QED) is 0.617. The van der Waals surface area contributed by atoms with Gasteiger partial charge in [0.15, 0.2) is 0 Å². The molecule has 0 saturated heterocycles. The van der Waals surface area contributed by atoms with E-state index in [1.165, 1.54) is 15.3 Å². The van der Waals surface area contributed by atoms with Crippen molar-refractivity contribution >= 4 is 13.8 Å². The first-order chi connectivity index (χ1) is 4.74. The number of rotatable bonds is 1. The molecule has 1 aromatic rings. The molecule has 0 bridgehead atoms. The van der Waals surface area contributed by atoms with Crippen LogP contribution in [-0.2, 0) is 16.1 Å². The summed E-state index contributed by atoms with van der Waals surface area (Å²) in [5.74, 6) is 0. The summed E-state index contributed by atoms with van der Waals surface area (Å²) in [5, 5.41) is 0. The van der Waals surface area contributed by atoms with Crippen LogP contribution >= 0.6 is 9.69 Å². The van der Waals surface area contributed by atoms with E-state index in [0.29, 0.717) is 0 Å². The molecule has 0 unspecified atom stereocenters. The zero-order valence-corrected chi connectivity index (χ0v) is 10.0. The predicted octanol–water partition coefficient (Wildman–Crippen LogP) is 2.17. The van der Waals surface area contributed by atoms with Crippen LogP contribution in [0.5, 0.6) is 0 Å². The van der Waals surface area contributed by atoms with Crippen molar-refractivity contribution in [1.82, 2.24) is 0 Å². The van der Waals surface area contributed by atoms with Crippen LogP contribution in [0.3, 0.4) is 0 Å². The second-order valence-corrected chi connectivity index (χ2v) is 6.11. The summed E-state index contributed by atoms with van der Waals surface area (Å²) < 4.78 is 1.43. The minimum atomic E-state index is -0.874. The summed E-state index contributed by atoms with van der Waals surface area (Å²) in [6.45, 7) is 4.24. The molecule has 0 aromatic heterocycles. The van der Waals surface area contributed by atoms with E-state index >= 15 is 0 Å². The fourth-order valence-electron chi connectivity index (χ4n) is 0.944. The Morgan fingerprint density at radius 3 is 2.50 bits per heavy atom. The van der Waals surface area contributed by atoms with E-state index in [1.54, 1.807) is 0 Å². The molecule has 2 heteroatoms. The van der Waals surface area contributed by atoms with Crippen LogP contribution in [0.15, 0.2) is 18.2 Å². The summed E-state index contributed by atoms with van der Waals surface area (Å²) >= 11 is -0.874.